The molecule has 8 nitrogen and oxygen atoms in total. The van der Waals surface area contributed by atoms with E-state index in [-0.39, 0.29) is 17.3 Å². The predicted octanol–water partition coefficient (Wildman–Crippen LogP) is 0.144. The molecule has 20 heavy (non-hydrogen) atoms. The Balaban J connectivity index is 1.97. The SMILES string of the molecule is CN(CCn1cccn1)C(=O)c1cnc(C(=O)O)cn1. The second-order valence-electron chi connectivity index (χ2n) is 4.09. The number of carboxylic acid groups (broad SMARTS) is 1. The van der Waals surface area contributed by atoms with E-state index in [1.165, 1.54) is 4.90 Å². The van der Waals surface area contributed by atoms with Gasteiger partial charge in [-0.25, -0.2) is 14.8 Å². The maximum absolute atomic E-state index is 12.0. The number of likely N-dealkylation sites (N-methyl/N-ethyl adjacent to an activating group) is 1. The van der Waals surface area contributed by atoms with Crippen molar-refractivity contribution in [1.29, 1.82) is 0 Å². The fourth-order valence-corrected chi connectivity index (χ4v) is 1.53. The monoisotopic (exact) mass is 275 g/mol. The molecule has 2 aromatic rings. The standard InChI is InChI=1S/C12H13N5O3/c1-16(5-6-17-4-2-3-15-17)11(18)9-7-14-10(8-13-9)12(19)20/h2-4,7-8H,5-6H2,1H3,(H,19,20). The molecule has 0 aliphatic rings. The lowest BCUT2D eigenvalue weighted by molar-refractivity contribution is 0.0687. The lowest BCUT2D eigenvalue weighted by atomic mass is 10.3. The van der Waals surface area contributed by atoms with E-state index in [1.54, 1.807) is 30.2 Å². The van der Waals surface area contributed by atoms with Crippen molar-refractivity contribution < 1.29 is 14.7 Å². The summed E-state index contributed by atoms with van der Waals surface area (Å²) in [5.41, 5.74) is -0.0845. The predicted molar refractivity (Wildman–Crippen MR) is 68.2 cm³/mol. The number of aromatic nitrogens is 4. The van der Waals surface area contributed by atoms with E-state index >= 15 is 0 Å². The first-order valence-electron chi connectivity index (χ1n) is 5.86. The molecule has 2 heterocycles. The Kier molecular flexibility index (Phi) is 4.04. The number of nitrogens with zero attached hydrogens (tertiary/aromatic N) is 5. The first kappa shape index (κ1) is 13.7. The molecule has 0 bridgehead atoms. The first-order chi connectivity index (χ1) is 9.58. The Morgan fingerprint density at radius 3 is 2.55 bits per heavy atom. The van der Waals surface area contributed by atoms with Crippen molar-refractivity contribution >= 4 is 11.9 Å². The zero-order valence-electron chi connectivity index (χ0n) is 10.8. The van der Waals surface area contributed by atoms with Crippen molar-refractivity contribution in [3.63, 3.8) is 0 Å². The van der Waals surface area contributed by atoms with Crippen molar-refractivity contribution in [2.75, 3.05) is 13.6 Å². The Bertz CT molecular complexity index is 594. The normalized spacial score (nSPS) is 10.2. The van der Waals surface area contributed by atoms with E-state index in [2.05, 4.69) is 15.1 Å². The van der Waals surface area contributed by atoms with Gasteiger partial charge in [0.1, 0.15) is 5.69 Å². The van der Waals surface area contributed by atoms with Gasteiger partial charge in [0.05, 0.1) is 18.9 Å². The third-order valence-electron chi connectivity index (χ3n) is 2.66. The largest absolute Gasteiger partial charge is 0.476 e. The van der Waals surface area contributed by atoms with Gasteiger partial charge in [0, 0.05) is 26.0 Å². The molecule has 0 aliphatic carbocycles. The molecule has 0 saturated heterocycles. The molecule has 0 aromatic carbocycles. The number of carboxylic acids is 1. The summed E-state index contributed by atoms with van der Waals surface area (Å²) in [5.74, 6) is -1.50. The van der Waals surface area contributed by atoms with Crippen molar-refractivity contribution in [3.05, 3.63) is 42.2 Å². The topological polar surface area (TPSA) is 101 Å². The van der Waals surface area contributed by atoms with Gasteiger partial charge in [-0.15, -0.1) is 0 Å². The highest BCUT2D eigenvalue weighted by atomic mass is 16.4. The molecule has 0 aliphatic heterocycles. The lowest BCUT2D eigenvalue weighted by Crippen LogP contribution is -2.31. The fraction of sp³-hybridized carbons (Fsp3) is 0.250. The molecule has 1 amide bonds. The summed E-state index contributed by atoms with van der Waals surface area (Å²) in [6.45, 7) is 1.03. The quantitative estimate of drug-likeness (QED) is 0.833. The molecule has 104 valence electrons. The zero-order valence-corrected chi connectivity index (χ0v) is 10.8. The van der Waals surface area contributed by atoms with E-state index in [1.807, 2.05) is 0 Å². The number of carbonyl (C=O) groups excluding carboxylic acids is 1. The average Bonchev–Trinajstić information content (AvgIpc) is 2.97. The molecular weight excluding hydrogens is 262 g/mol. The van der Waals surface area contributed by atoms with Crippen LogP contribution in [0, 0.1) is 0 Å². The third kappa shape index (κ3) is 3.16. The van der Waals surface area contributed by atoms with Crippen molar-refractivity contribution in [2.45, 2.75) is 6.54 Å². The minimum Gasteiger partial charge on any atom is -0.476 e. The summed E-state index contributed by atoms with van der Waals surface area (Å²) >= 11 is 0. The van der Waals surface area contributed by atoms with Crippen LogP contribution in [0.2, 0.25) is 0 Å². The first-order valence-corrected chi connectivity index (χ1v) is 5.86. The van der Waals surface area contributed by atoms with Crippen LogP contribution >= 0.6 is 0 Å². The van der Waals surface area contributed by atoms with Crippen LogP contribution in [0.4, 0.5) is 0 Å². The molecule has 2 rings (SSSR count). The summed E-state index contributed by atoms with van der Waals surface area (Å²) in [5, 5.41) is 12.7. The number of amides is 1. The summed E-state index contributed by atoms with van der Waals surface area (Å²) in [7, 11) is 1.64. The molecule has 0 saturated carbocycles. The summed E-state index contributed by atoms with van der Waals surface area (Å²) < 4.78 is 1.71. The van der Waals surface area contributed by atoms with Crippen LogP contribution < -0.4 is 0 Å². The Hall–Kier alpha value is -2.77. The van der Waals surface area contributed by atoms with Gasteiger partial charge in [-0.05, 0) is 6.07 Å². The van der Waals surface area contributed by atoms with Crippen LogP contribution in [0.1, 0.15) is 21.0 Å². The van der Waals surface area contributed by atoms with Crippen LogP contribution in [0.15, 0.2) is 30.9 Å². The fourth-order valence-electron chi connectivity index (χ4n) is 1.53. The van der Waals surface area contributed by atoms with Gasteiger partial charge in [-0.3, -0.25) is 9.48 Å². The van der Waals surface area contributed by atoms with E-state index in [0.717, 1.165) is 12.4 Å². The van der Waals surface area contributed by atoms with Crippen LogP contribution in [0.5, 0.6) is 0 Å². The second-order valence-corrected chi connectivity index (χ2v) is 4.09. The zero-order chi connectivity index (χ0) is 14.5. The molecule has 0 unspecified atom stereocenters. The minimum atomic E-state index is -1.18. The molecule has 2 aromatic heterocycles. The van der Waals surface area contributed by atoms with E-state index in [9.17, 15) is 9.59 Å². The maximum atomic E-state index is 12.0. The molecule has 0 spiro atoms. The summed E-state index contributed by atoms with van der Waals surface area (Å²) in [6, 6.07) is 1.80. The third-order valence-corrected chi connectivity index (χ3v) is 2.66. The molecular formula is C12H13N5O3. The van der Waals surface area contributed by atoms with Crippen LogP contribution in [-0.2, 0) is 6.54 Å². The summed E-state index contributed by atoms with van der Waals surface area (Å²) in [4.78, 5) is 31.6. The molecule has 8 heteroatoms. The smallest absolute Gasteiger partial charge is 0.356 e. The van der Waals surface area contributed by atoms with Gasteiger partial charge in [-0.1, -0.05) is 0 Å². The average molecular weight is 275 g/mol. The van der Waals surface area contributed by atoms with E-state index < -0.39 is 5.97 Å². The van der Waals surface area contributed by atoms with Gasteiger partial charge in [-0.2, -0.15) is 5.10 Å². The van der Waals surface area contributed by atoms with Crippen LogP contribution in [0.25, 0.3) is 0 Å². The number of hydrogen-bond acceptors (Lipinski definition) is 5. The number of hydrogen-bond donors (Lipinski definition) is 1. The molecule has 0 fully saturated rings. The lowest BCUT2D eigenvalue weighted by Gasteiger charge is -2.16. The Morgan fingerprint density at radius 1 is 1.30 bits per heavy atom. The van der Waals surface area contributed by atoms with Crippen LogP contribution in [0.3, 0.4) is 0 Å². The highest BCUT2D eigenvalue weighted by Gasteiger charge is 2.14. The summed E-state index contributed by atoms with van der Waals surface area (Å²) in [6.07, 6.45) is 5.70. The van der Waals surface area contributed by atoms with Gasteiger partial charge in [0.2, 0.25) is 0 Å². The van der Waals surface area contributed by atoms with Crippen LogP contribution in [-0.4, -0.2) is 55.2 Å². The Labute approximate surface area is 114 Å². The highest BCUT2D eigenvalue weighted by Crippen LogP contribution is 2.00. The number of rotatable bonds is 5. The highest BCUT2D eigenvalue weighted by molar-refractivity contribution is 5.92. The number of carbonyl (C=O) groups is 2. The Morgan fingerprint density at radius 2 is 2.00 bits per heavy atom. The molecule has 1 N–H and O–H groups in total. The van der Waals surface area contributed by atoms with Crippen molar-refractivity contribution in [1.82, 2.24) is 24.6 Å². The van der Waals surface area contributed by atoms with Gasteiger partial charge in [0.15, 0.2) is 5.69 Å². The van der Waals surface area contributed by atoms with Gasteiger partial charge in [0.25, 0.3) is 5.91 Å². The van der Waals surface area contributed by atoms with Crippen molar-refractivity contribution in [2.24, 2.45) is 0 Å². The van der Waals surface area contributed by atoms with Gasteiger partial charge < -0.3 is 10.0 Å². The minimum absolute atomic E-state index is 0.109. The maximum Gasteiger partial charge on any atom is 0.356 e. The molecule has 0 radical (unpaired) electrons. The van der Waals surface area contributed by atoms with E-state index in [0.29, 0.717) is 13.1 Å². The van der Waals surface area contributed by atoms with E-state index in [4.69, 9.17) is 5.11 Å². The second kappa shape index (κ2) is 5.91. The van der Waals surface area contributed by atoms with Gasteiger partial charge >= 0.3 is 5.97 Å². The number of aromatic carboxylic acids is 1. The van der Waals surface area contributed by atoms with Crippen molar-refractivity contribution in [3.8, 4) is 0 Å². The molecule has 0 atom stereocenters.